The number of nitrogens with one attached hydrogen (secondary N) is 2. The van der Waals surface area contributed by atoms with Gasteiger partial charge in [-0.2, -0.15) is 0 Å². The lowest BCUT2D eigenvalue weighted by molar-refractivity contribution is -0.135. The highest BCUT2D eigenvalue weighted by Crippen LogP contribution is 1.70. The van der Waals surface area contributed by atoms with E-state index in [1.165, 1.54) is 0 Å². The van der Waals surface area contributed by atoms with Crippen LogP contribution in [0.25, 0.3) is 0 Å². The Bertz CT molecular complexity index is 207. The number of aliphatic carboxylic acids is 2. The monoisotopic (exact) mass is 220 g/mol. The standard InChI is InChI=1S/C3H8N4.2C2H4O2/c4-2(5)1-3(6)7;2*1-2(3)4/h1H2,(H3,4,5)(H3,6,7);2*1H3,(H,3,4). The lowest BCUT2D eigenvalue weighted by Gasteiger charge is -1.90. The van der Waals surface area contributed by atoms with E-state index in [9.17, 15) is 0 Å². The third-order valence-corrected chi connectivity index (χ3v) is 0.381. The zero-order valence-electron chi connectivity index (χ0n) is 8.57. The van der Waals surface area contributed by atoms with Crippen molar-refractivity contribution in [1.82, 2.24) is 0 Å². The summed E-state index contributed by atoms with van der Waals surface area (Å²) in [6.45, 7) is 2.17. The van der Waals surface area contributed by atoms with Crippen LogP contribution in [0, 0.1) is 10.8 Å². The molecule has 0 saturated carbocycles. The van der Waals surface area contributed by atoms with Gasteiger partial charge in [0.1, 0.15) is 0 Å². The smallest absolute Gasteiger partial charge is 0.300 e. The number of rotatable bonds is 2. The molecule has 0 aromatic heterocycles. The molecule has 0 aliphatic heterocycles. The highest BCUT2D eigenvalue weighted by molar-refractivity contribution is 5.97. The molecule has 0 unspecified atom stereocenters. The second-order valence-corrected chi connectivity index (χ2v) is 2.27. The Labute approximate surface area is 86.9 Å². The minimum atomic E-state index is -0.833. The first kappa shape index (κ1) is 18.6. The summed E-state index contributed by atoms with van der Waals surface area (Å²) >= 11 is 0. The molecule has 0 aromatic rings. The van der Waals surface area contributed by atoms with E-state index in [0.29, 0.717) is 0 Å². The van der Waals surface area contributed by atoms with Gasteiger partial charge in [0, 0.05) is 13.8 Å². The van der Waals surface area contributed by atoms with E-state index in [1.807, 2.05) is 0 Å². The molecule has 0 bridgehead atoms. The molecule has 8 nitrogen and oxygen atoms in total. The largest absolute Gasteiger partial charge is 0.481 e. The van der Waals surface area contributed by atoms with Crippen LogP contribution in [0.5, 0.6) is 0 Å². The number of nitrogens with two attached hydrogens (primary N) is 2. The summed E-state index contributed by atoms with van der Waals surface area (Å²) in [5, 5.41) is 28.0. The van der Waals surface area contributed by atoms with Crippen molar-refractivity contribution in [1.29, 1.82) is 10.8 Å². The number of carboxylic acid groups (broad SMARTS) is 2. The molecule has 0 aliphatic rings. The summed E-state index contributed by atoms with van der Waals surface area (Å²) < 4.78 is 0. The lowest BCUT2D eigenvalue weighted by Crippen LogP contribution is -2.20. The molecule has 0 saturated heterocycles. The molecule has 0 aliphatic carbocycles. The SMILES string of the molecule is CC(=O)O.CC(=O)O.N=C(N)CC(=N)N. The average Bonchev–Trinajstić information content (AvgIpc) is 1.78. The average molecular weight is 220 g/mol. The fourth-order valence-electron chi connectivity index (χ4n) is 0.205. The van der Waals surface area contributed by atoms with Crippen LogP contribution in [-0.2, 0) is 9.59 Å². The molecule has 8 N–H and O–H groups in total. The minimum Gasteiger partial charge on any atom is -0.481 e. The van der Waals surface area contributed by atoms with Crippen molar-refractivity contribution in [2.45, 2.75) is 20.3 Å². The van der Waals surface area contributed by atoms with E-state index in [0.717, 1.165) is 13.8 Å². The molecule has 0 spiro atoms. The zero-order valence-corrected chi connectivity index (χ0v) is 8.57. The second-order valence-electron chi connectivity index (χ2n) is 2.27. The van der Waals surface area contributed by atoms with Crippen molar-refractivity contribution >= 4 is 23.6 Å². The molecule has 0 fully saturated rings. The molecule has 0 rings (SSSR count). The van der Waals surface area contributed by atoms with Crippen LogP contribution in [-0.4, -0.2) is 33.8 Å². The Morgan fingerprint density at radius 1 is 1.00 bits per heavy atom. The van der Waals surface area contributed by atoms with Crippen LogP contribution in [0.3, 0.4) is 0 Å². The lowest BCUT2D eigenvalue weighted by atomic mass is 10.4. The summed E-state index contributed by atoms with van der Waals surface area (Å²) in [7, 11) is 0. The van der Waals surface area contributed by atoms with Gasteiger partial charge in [-0.1, -0.05) is 0 Å². The van der Waals surface area contributed by atoms with Gasteiger partial charge in [0.15, 0.2) is 0 Å². The highest BCUT2D eigenvalue weighted by atomic mass is 16.4. The van der Waals surface area contributed by atoms with Gasteiger partial charge in [0.2, 0.25) is 0 Å². The molecular formula is C7H16N4O4. The Morgan fingerprint density at radius 3 is 1.13 bits per heavy atom. The molecule has 0 amide bonds. The maximum absolute atomic E-state index is 9.00. The first-order valence-corrected chi connectivity index (χ1v) is 3.64. The third-order valence-electron chi connectivity index (χ3n) is 0.381. The Balaban J connectivity index is -0.000000155. The quantitative estimate of drug-likeness (QED) is 0.268. The van der Waals surface area contributed by atoms with Gasteiger partial charge in [-0.05, 0) is 0 Å². The predicted octanol–water partition coefficient (Wildman–Crippen LogP) is -0.570. The third kappa shape index (κ3) is 328. The second kappa shape index (κ2) is 11.9. The number of hydrogen-bond acceptors (Lipinski definition) is 4. The number of carboxylic acids is 2. The summed E-state index contributed by atoms with van der Waals surface area (Å²) in [6.07, 6.45) is 0.0833. The van der Waals surface area contributed by atoms with Crippen molar-refractivity contribution in [3.05, 3.63) is 0 Å². The summed E-state index contributed by atoms with van der Waals surface area (Å²) in [5.74, 6) is -1.79. The number of hydrogen-bond donors (Lipinski definition) is 6. The van der Waals surface area contributed by atoms with E-state index in [4.69, 9.17) is 42.1 Å². The molecule has 0 radical (unpaired) electrons. The molecule has 0 aromatic carbocycles. The number of carbonyl (C=O) groups is 2. The highest BCUT2D eigenvalue weighted by Gasteiger charge is 1.88. The van der Waals surface area contributed by atoms with Gasteiger partial charge in [-0.15, -0.1) is 0 Å². The first-order chi connectivity index (χ1) is 6.59. The normalized spacial score (nSPS) is 7.07. The van der Waals surface area contributed by atoms with Crippen LogP contribution >= 0.6 is 0 Å². The van der Waals surface area contributed by atoms with Crippen molar-refractivity contribution < 1.29 is 19.8 Å². The Kier molecular flexibility index (Phi) is 14.7. The van der Waals surface area contributed by atoms with Crippen LogP contribution in [0.4, 0.5) is 0 Å². The minimum absolute atomic E-state index is 0.0625. The molecule has 8 heteroatoms. The fourth-order valence-corrected chi connectivity index (χ4v) is 0.205. The van der Waals surface area contributed by atoms with Crippen molar-refractivity contribution in [3.63, 3.8) is 0 Å². The first-order valence-electron chi connectivity index (χ1n) is 3.64. The van der Waals surface area contributed by atoms with Crippen LogP contribution in [0.1, 0.15) is 20.3 Å². The van der Waals surface area contributed by atoms with Gasteiger partial charge in [-0.25, -0.2) is 0 Å². The molecule has 0 heterocycles. The van der Waals surface area contributed by atoms with Crippen molar-refractivity contribution in [2.75, 3.05) is 0 Å². The Morgan fingerprint density at radius 2 is 1.13 bits per heavy atom. The Hall–Kier alpha value is -2.12. The molecule has 15 heavy (non-hydrogen) atoms. The van der Waals surface area contributed by atoms with Gasteiger partial charge in [0.05, 0.1) is 18.1 Å². The topological polar surface area (TPSA) is 174 Å². The van der Waals surface area contributed by atoms with E-state index in [1.54, 1.807) is 0 Å². The van der Waals surface area contributed by atoms with Crippen LogP contribution < -0.4 is 11.5 Å². The van der Waals surface area contributed by atoms with E-state index >= 15 is 0 Å². The molecule has 0 atom stereocenters. The van der Waals surface area contributed by atoms with Gasteiger partial charge < -0.3 is 21.7 Å². The number of amidine groups is 2. The fraction of sp³-hybridized carbons (Fsp3) is 0.429. The predicted molar refractivity (Wildman–Crippen MR) is 55.1 cm³/mol. The maximum Gasteiger partial charge on any atom is 0.300 e. The van der Waals surface area contributed by atoms with Gasteiger partial charge >= 0.3 is 0 Å². The zero-order chi connectivity index (χ0) is 13.0. The summed E-state index contributed by atoms with van der Waals surface area (Å²) in [5.41, 5.74) is 9.71. The van der Waals surface area contributed by atoms with Crippen molar-refractivity contribution in [2.24, 2.45) is 11.5 Å². The van der Waals surface area contributed by atoms with E-state index in [-0.39, 0.29) is 18.1 Å². The molecule has 88 valence electrons. The van der Waals surface area contributed by atoms with Crippen LogP contribution in [0.2, 0.25) is 0 Å². The molecular weight excluding hydrogens is 204 g/mol. The van der Waals surface area contributed by atoms with E-state index in [2.05, 4.69) is 0 Å². The van der Waals surface area contributed by atoms with Gasteiger partial charge in [0.25, 0.3) is 11.9 Å². The maximum atomic E-state index is 9.00. The van der Waals surface area contributed by atoms with E-state index < -0.39 is 11.9 Å². The van der Waals surface area contributed by atoms with Crippen LogP contribution in [0.15, 0.2) is 0 Å². The van der Waals surface area contributed by atoms with Gasteiger partial charge in [-0.3, -0.25) is 20.4 Å². The van der Waals surface area contributed by atoms with Crippen molar-refractivity contribution in [3.8, 4) is 0 Å². The summed E-state index contributed by atoms with van der Waals surface area (Å²) in [6, 6.07) is 0. The summed E-state index contributed by atoms with van der Waals surface area (Å²) in [4.78, 5) is 18.0.